The summed E-state index contributed by atoms with van der Waals surface area (Å²) >= 11 is 0. The summed E-state index contributed by atoms with van der Waals surface area (Å²) in [7, 11) is 0. The summed E-state index contributed by atoms with van der Waals surface area (Å²) in [6.07, 6.45) is 3.51. The van der Waals surface area contributed by atoms with Crippen molar-refractivity contribution in [1.82, 2.24) is 0 Å². The third kappa shape index (κ3) is 2.86. The van der Waals surface area contributed by atoms with Crippen molar-refractivity contribution in [3.63, 3.8) is 0 Å². The maximum atomic E-state index is 13.6. The molecule has 4 heteroatoms. The van der Waals surface area contributed by atoms with Gasteiger partial charge in [0.05, 0.1) is 18.0 Å². The second-order valence-corrected chi connectivity index (χ2v) is 5.06. The van der Waals surface area contributed by atoms with Gasteiger partial charge in [-0.05, 0) is 32.1 Å². The molecular formula is C14H21FN2O. The van der Waals surface area contributed by atoms with Gasteiger partial charge in [0.15, 0.2) is 11.6 Å². The van der Waals surface area contributed by atoms with Gasteiger partial charge in [0, 0.05) is 18.2 Å². The van der Waals surface area contributed by atoms with Crippen LogP contribution in [-0.4, -0.2) is 12.6 Å². The zero-order valence-corrected chi connectivity index (χ0v) is 11.0. The van der Waals surface area contributed by atoms with Crippen LogP contribution in [0.5, 0.6) is 5.75 Å². The minimum Gasteiger partial charge on any atom is -0.491 e. The summed E-state index contributed by atoms with van der Waals surface area (Å²) in [5.41, 5.74) is 7.06. The fourth-order valence-electron chi connectivity index (χ4n) is 2.52. The van der Waals surface area contributed by atoms with Crippen LogP contribution in [0.4, 0.5) is 15.8 Å². The summed E-state index contributed by atoms with van der Waals surface area (Å²) in [4.78, 5) is 0. The topological polar surface area (TPSA) is 47.3 Å². The summed E-state index contributed by atoms with van der Waals surface area (Å²) in [5.74, 6) is 0.607. The van der Waals surface area contributed by atoms with Gasteiger partial charge in [-0.2, -0.15) is 0 Å². The molecule has 2 rings (SSSR count). The monoisotopic (exact) mass is 252 g/mol. The summed E-state index contributed by atoms with van der Waals surface area (Å²) in [6, 6.07) is 3.42. The second-order valence-electron chi connectivity index (χ2n) is 5.06. The molecule has 1 aromatic rings. The lowest BCUT2D eigenvalue weighted by atomic mass is 10.1. The van der Waals surface area contributed by atoms with Gasteiger partial charge in [0.2, 0.25) is 0 Å². The lowest BCUT2D eigenvalue weighted by Crippen LogP contribution is -2.16. The molecule has 1 aliphatic carbocycles. The first-order valence-corrected chi connectivity index (χ1v) is 6.58. The highest BCUT2D eigenvalue weighted by Gasteiger charge is 2.22. The predicted molar refractivity (Wildman–Crippen MR) is 72.4 cm³/mol. The lowest BCUT2D eigenvalue weighted by Gasteiger charge is -2.17. The van der Waals surface area contributed by atoms with E-state index in [-0.39, 0.29) is 5.75 Å². The Morgan fingerprint density at radius 3 is 2.83 bits per heavy atom. The molecule has 0 saturated heterocycles. The van der Waals surface area contributed by atoms with Crippen molar-refractivity contribution in [2.75, 3.05) is 17.7 Å². The van der Waals surface area contributed by atoms with Crippen LogP contribution in [0.25, 0.3) is 0 Å². The van der Waals surface area contributed by atoms with Crippen molar-refractivity contribution in [1.29, 1.82) is 0 Å². The Morgan fingerprint density at radius 1 is 1.44 bits per heavy atom. The van der Waals surface area contributed by atoms with E-state index in [1.807, 2.05) is 6.92 Å². The molecule has 0 heterocycles. The number of nitrogen functional groups attached to an aromatic ring is 1. The van der Waals surface area contributed by atoms with E-state index in [4.69, 9.17) is 10.5 Å². The molecule has 3 N–H and O–H groups in total. The Balaban J connectivity index is 2.14. The molecule has 0 amide bonds. The molecule has 0 spiro atoms. The highest BCUT2D eigenvalue weighted by molar-refractivity contribution is 5.69. The van der Waals surface area contributed by atoms with Crippen LogP contribution in [0.15, 0.2) is 12.1 Å². The van der Waals surface area contributed by atoms with Crippen molar-refractivity contribution in [2.24, 2.45) is 5.92 Å². The van der Waals surface area contributed by atoms with Crippen LogP contribution in [-0.2, 0) is 0 Å². The van der Waals surface area contributed by atoms with E-state index in [9.17, 15) is 4.39 Å². The van der Waals surface area contributed by atoms with Gasteiger partial charge >= 0.3 is 0 Å². The van der Waals surface area contributed by atoms with E-state index in [1.54, 1.807) is 6.07 Å². The largest absolute Gasteiger partial charge is 0.491 e. The normalized spacial score (nSPS) is 23.1. The molecule has 1 fully saturated rings. The second kappa shape index (κ2) is 5.46. The van der Waals surface area contributed by atoms with Crippen LogP contribution < -0.4 is 15.8 Å². The van der Waals surface area contributed by atoms with Gasteiger partial charge in [0.25, 0.3) is 0 Å². The Hall–Kier alpha value is -1.45. The zero-order chi connectivity index (χ0) is 13.1. The van der Waals surface area contributed by atoms with Gasteiger partial charge in [-0.1, -0.05) is 6.92 Å². The van der Waals surface area contributed by atoms with Crippen LogP contribution in [0, 0.1) is 11.7 Å². The summed E-state index contributed by atoms with van der Waals surface area (Å²) in [6.45, 7) is 4.53. The van der Waals surface area contributed by atoms with Crippen LogP contribution in [0.3, 0.4) is 0 Å². The molecule has 1 aromatic carbocycles. The van der Waals surface area contributed by atoms with E-state index in [1.165, 1.54) is 12.5 Å². The fraction of sp³-hybridized carbons (Fsp3) is 0.571. The highest BCUT2D eigenvalue weighted by atomic mass is 19.1. The van der Waals surface area contributed by atoms with E-state index in [2.05, 4.69) is 12.2 Å². The molecule has 100 valence electrons. The zero-order valence-electron chi connectivity index (χ0n) is 11.0. The molecule has 2 unspecified atom stereocenters. The molecule has 2 atom stereocenters. The number of anilines is 2. The number of ether oxygens (including phenoxy) is 1. The SMILES string of the molecule is CCOc1cc(NC2CCC(C)C2)c(N)cc1F. The number of nitrogens with one attached hydrogen (secondary N) is 1. The van der Waals surface area contributed by atoms with E-state index >= 15 is 0 Å². The first-order chi connectivity index (χ1) is 8.60. The van der Waals surface area contributed by atoms with Gasteiger partial charge in [-0.25, -0.2) is 4.39 Å². The molecule has 18 heavy (non-hydrogen) atoms. The molecule has 0 radical (unpaired) electrons. The Kier molecular flexibility index (Phi) is 3.94. The summed E-state index contributed by atoms with van der Waals surface area (Å²) in [5, 5.41) is 3.39. The van der Waals surface area contributed by atoms with E-state index < -0.39 is 5.82 Å². The lowest BCUT2D eigenvalue weighted by molar-refractivity contribution is 0.322. The van der Waals surface area contributed by atoms with Crippen LogP contribution in [0.2, 0.25) is 0 Å². The van der Waals surface area contributed by atoms with Gasteiger partial charge < -0.3 is 15.8 Å². The molecule has 0 aromatic heterocycles. The third-order valence-electron chi connectivity index (χ3n) is 3.46. The number of hydrogen-bond donors (Lipinski definition) is 2. The Bertz CT molecular complexity index is 423. The maximum Gasteiger partial charge on any atom is 0.167 e. The van der Waals surface area contributed by atoms with Crippen molar-refractivity contribution in [3.05, 3.63) is 17.9 Å². The predicted octanol–water partition coefficient (Wildman–Crippen LogP) is 3.41. The summed E-state index contributed by atoms with van der Waals surface area (Å²) < 4.78 is 18.8. The maximum absolute atomic E-state index is 13.6. The van der Waals surface area contributed by atoms with Crippen molar-refractivity contribution < 1.29 is 9.13 Å². The number of benzene rings is 1. The van der Waals surface area contributed by atoms with Crippen molar-refractivity contribution in [3.8, 4) is 5.75 Å². The minimum absolute atomic E-state index is 0.264. The number of nitrogens with two attached hydrogens (primary N) is 1. The average molecular weight is 252 g/mol. The van der Waals surface area contributed by atoms with Crippen molar-refractivity contribution in [2.45, 2.75) is 39.2 Å². The first kappa shape index (κ1) is 13.0. The molecular weight excluding hydrogens is 231 g/mol. The molecule has 0 aliphatic heterocycles. The minimum atomic E-state index is -0.403. The Morgan fingerprint density at radius 2 is 2.22 bits per heavy atom. The molecule has 3 nitrogen and oxygen atoms in total. The van der Waals surface area contributed by atoms with Gasteiger partial charge in [-0.3, -0.25) is 0 Å². The number of rotatable bonds is 4. The third-order valence-corrected chi connectivity index (χ3v) is 3.46. The quantitative estimate of drug-likeness (QED) is 0.807. The van der Waals surface area contributed by atoms with Crippen LogP contribution in [0.1, 0.15) is 33.1 Å². The highest BCUT2D eigenvalue weighted by Crippen LogP contribution is 2.32. The Labute approximate surface area is 108 Å². The van der Waals surface area contributed by atoms with Gasteiger partial charge in [-0.15, -0.1) is 0 Å². The molecule has 0 bridgehead atoms. The molecule has 1 saturated carbocycles. The van der Waals surface area contributed by atoms with Gasteiger partial charge in [0.1, 0.15) is 0 Å². The first-order valence-electron chi connectivity index (χ1n) is 6.58. The number of hydrogen-bond acceptors (Lipinski definition) is 3. The van der Waals surface area contributed by atoms with E-state index in [0.29, 0.717) is 18.3 Å². The molecule has 1 aliphatic rings. The van der Waals surface area contributed by atoms with E-state index in [0.717, 1.165) is 24.4 Å². The smallest absolute Gasteiger partial charge is 0.167 e. The fourth-order valence-corrected chi connectivity index (χ4v) is 2.52. The number of halogens is 1. The van der Waals surface area contributed by atoms with Crippen LogP contribution >= 0.6 is 0 Å². The average Bonchev–Trinajstić information content (AvgIpc) is 2.71. The van der Waals surface area contributed by atoms with Crippen molar-refractivity contribution >= 4 is 11.4 Å². The standard InChI is InChI=1S/C14H21FN2O/c1-3-18-14-8-13(12(16)7-11(14)15)17-10-5-4-9(2)6-10/h7-10,17H,3-6,16H2,1-2H3.